The minimum atomic E-state index is -1.86. The maximum atomic E-state index is 10.4. The highest BCUT2D eigenvalue weighted by molar-refractivity contribution is 6.74. The van der Waals surface area contributed by atoms with Crippen LogP contribution >= 0.6 is 0 Å². The molecule has 0 aliphatic heterocycles. The van der Waals surface area contributed by atoms with E-state index in [9.17, 15) is 4.79 Å². The zero-order valence-corrected chi connectivity index (χ0v) is 11.6. The molecule has 0 aliphatic rings. The number of nitrogens with one attached hydrogen (secondary N) is 1. The van der Waals surface area contributed by atoms with E-state index in [1.807, 2.05) is 0 Å². The molecule has 1 atom stereocenters. The molecule has 0 radical (unpaired) electrons. The van der Waals surface area contributed by atoms with Gasteiger partial charge in [-0.25, -0.2) is 4.79 Å². The fraction of sp³-hybridized carbons (Fsp3) is 0.727. The summed E-state index contributed by atoms with van der Waals surface area (Å²) in [4.78, 5) is 10.4. The topological polar surface area (TPSA) is 58.6 Å². The van der Waals surface area contributed by atoms with Gasteiger partial charge in [-0.1, -0.05) is 26.7 Å². The summed E-state index contributed by atoms with van der Waals surface area (Å²) in [7, 11) is -1.86. The van der Waals surface area contributed by atoms with Gasteiger partial charge in [-0.05, 0) is 18.1 Å². The Morgan fingerprint density at radius 1 is 1.56 bits per heavy atom. The van der Waals surface area contributed by atoms with Gasteiger partial charge in [0.05, 0.1) is 6.61 Å². The Bertz CT molecular complexity index is 289. The second kappa shape index (κ2) is 5.37. The minimum absolute atomic E-state index is 0.0926. The molecule has 0 aromatic rings. The van der Waals surface area contributed by atoms with Gasteiger partial charge in [0.25, 0.3) is 0 Å². The van der Waals surface area contributed by atoms with Crippen molar-refractivity contribution < 1.29 is 14.3 Å². The molecule has 0 saturated carbocycles. The summed E-state index contributed by atoms with van der Waals surface area (Å²) in [5.41, 5.74) is 0. The standard InChI is InChI=1S/C11H21NO3Si/c1-7-9(12-10(13)14)8-15-16(5,6)11(2,3)4/h1,9,12H,8H2,2-6H3,(H,13,14)/t9-/m1/s1. The highest BCUT2D eigenvalue weighted by Crippen LogP contribution is 2.36. The molecular weight excluding hydrogens is 222 g/mol. The molecule has 0 aromatic carbocycles. The highest BCUT2D eigenvalue weighted by atomic mass is 28.4. The van der Waals surface area contributed by atoms with E-state index in [1.165, 1.54) is 0 Å². The van der Waals surface area contributed by atoms with Gasteiger partial charge in [-0.15, -0.1) is 6.42 Å². The molecule has 16 heavy (non-hydrogen) atoms. The summed E-state index contributed by atoms with van der Waals surface area (Å²) in [5.74, 6) is 2.36. The lowest BCUT2D eigenvalue weighted by molar-refractivity contribution is 0.185. The molecule has 0 unspecified atom stereocenters. The lowest BCUT2D eigenvalue weighted by Gasteiger charge is -2.36. The monoisotopic (exact) mass is 243 g/mol. The first kappa shape index (κ1) is 15.0. The van der Waals surface area contributed by atoms with Gasteiger partial charge in [0.1, 0.15) is 6.04 Å². The summed E-state index contributed by atoms with van der Waals surface area (Å²) < 4.78 is 5.82. The first-order valence-electron chi connectivity index (χ1n) is 5.19. The van der Waals surface area contributed by atoms with Crippen molar-refractivity contribution in [2.24, 2.45) is 0 Å². The summed E-state index contributed by atoms with van der Waals surface area (Å²) >= 11 is 0. The molecule has 5 heteroatoms. The quantitative estimate of drug-likeness (QED) is 0.588. The van der Waals surface area contributed by atoms with Crippen molar-refractivity contribution >= 4 is 14.4 Å². The molecular formula is C11H21NO3Si. The van der Waals surface area contributed by atoms with Crippen molar-refractivity contribution in [2.45, 2.75) is 44.9 Å². The predicted octanol–water partition coefficient (Wildman–Crippen LogP) is 2.28. The van der Waals surface area contributed by atoms with Gasteiger partial charge in [-0.3, -0.25) is 0 Å². The third-order valence-corrected chi connectivity index (χ3v) is 7.42. The lowest BCUT2D eigenvalue weighted by Crippen LogP contribution is -2.45. The average Bonchev–Trinajstić information content (AvgIpc) is 2.09. The Kier molecular flexibility index (Phi) is 5.04. The van der Waals surface area contributed by atoms with Gasteiger partial charge in [0.2, 0.25) is 0 Å². The Hall–Kier alpha value is -0.993. The van der Waals surface area contributed by atoms with Crippen LogP contribution in [0.1, 0.15) is 20.8 Å². The molecule has 0 bridgehead atoms. The highest BCUT2D eigenvalue weighted by Gasteiger charge is 2.37. The van der Waals surface area contributed by atoms with Crippen LogP contribution in [0.3, 0.4) is 0 Å². The van der Waals surface area contributed by atoms with Crippen molar-refractivity contribution in [3.63, 3.8) is 0 Å². The first-order valence-corrected chi connectivity index (χ1v) is 8.10. The molecule has 0 aliphatic carbocycles. The number of hydrogen-bond donors (Lipinski definition) is 2. The van der Waals surface area contributed by atoms with Gasteiger partial charge in [-0.2, -0.15) is 0 Å². The van der Waals surface area contributed by atoms with Gasteiger partial charge in [0, 0.05) is 0 Å². The van der Waals surface area contributed by atoms with Crippen molar-refractivity contribution in [3.8, 4) is 12.3 Å². The normalized spacial score (nSPS) is 14.0. The molecule has 1 amide bonds. The second-order valence-corrected chi connectivity index (χ2v) is 10.0. The molecule has 0 heterocycles. The number of hydrogen-bond acceptors (Lipinski definition) is 2. The van der Waals surface area contributed by atoms with Gasteiger partial charge in [0.15, 0.2) is 8.32 Å². The van der Waals surface area contributed by atoms with E-state index in [4.69, 9.17) is 16.0 Å². The van der Waals surface area contributed by atoms with Crippen LogP contribution in [0.4, 0.5) is 4.79 Å². The van der Waals surface area contributed by atoms with Crippen molar-refractivity contribution in [1.29, 1.82) is 0 Å². The largest absolute Gasteiger partial charge is 0.465 e. The van der Waals surface area contributed by atoms with Crippen molar-refractivity contribution in [1.82, 2.24) is 5.32 Å². The zero-order chi connectivity index (χ0) is 13.0. The predicted molar refractivity (Wildman–Crippen MR) is 66.9 cm³/mol. The summed E-state index contributed by atoms with van der Waals surface area (Å²) in [6.45, 7) is 10.8. The van der Waals surface area contributed by atoms with Crippen LogP contribution in [-0.4, -0.2) is 32.2 Å². The number of carbonyl (C=O) groups is 1. The van der Waals surface area contributed by atoms with Crippen LogP contribution in [-0.2, 0) is 4.43 Å². The minimum Gasteiger partial charge on any atom is -0.465 e. The molecule has 0 spiro atoms. The molecule has 0 rings (SSSR count). The van der Waals surface area contributed by atoms with E-state index in [-0.39, 0.29) is 11.6 Å². The molecule has 0 fully saturated rings. The third kappa shape index (κ3) is 4.68. The van der Waals surface area contributed by atoms with Gasteiger partial charge < -0.3 is 14.8 Å². The van der Waals surface area contributed by atoms with Crippen LogP contribution in [0.15, 0.2) is 0 Å². The van der Waals surface area contributed by atoms with E-state index < -0.39 is 20.5 Å². The van der Waals surface area contributed by atoms with Crippen LogP contribution < -0.4 is 5.32 Å². The SMILES string of the molecule is C#C[C@H](CO[Si](C)(C)C(C)(C)C)NC(=O)O. The maximum absolute atomic E-state index is 10.4. The first-order chi connectivity index (χ1) is 7.10. The Balaban J connectivity index is 4.33. The Morgan fingerprint density at radius 2 is 2.06 bits per heavy atom. The summed E-state index contributed by atoms with van der Waals surface area (Å²) in [6, 6.07) is -0.577. The smallest absolute Gasteiger partial charge is 0.405 e. The number of terminal acetylenes is 1. The van der Waals surface area contributed by atoms with Crippen LogP contribution in [0, 0.1) is 12.3 Å². The van der Waals surface area contributed by atoms with E-state index in [2.05, 4.69) is 45.1 Å². The zero-order valence-electron chi connectivity index (χ0n) is 10.6. The lowest BCUT2D eigenvalue weighted by atomic mass is 10.2. The third-order valence-electron chi connectivity index (χ3n) is 2.92. The summed E-state index contributed by atoms with van der Waals surface area (Å²) in [6.07, 6.45) is 4.10. The van der Waals surface area contributed by atoms with Crippen molar-refractivity contribution in [2.75, 3.05) is 6.61 Å². The van der Waals surface area contributed by atoms with E-state index in [0.717, 1.165) is 0 Å². The van der Waals surface area contributed by atoms with Crippen LogP contribution in [0.25, 0.3) is 0 Å². The fourth-order valence-electron chi connectivity index (χ4n) is 0.789. The number of amides is 1. The van der Waals surface area contributed by atoms with Crippen molar-refractivity contribution in [3.05, 3.63) is 0 Å². The summed E-state index contributed by atoms with van der Waals surface area (Å²) in [5, 5.41) is 10.9. The maximum Gasteiger partial charge on any atom is 0.405 e. The Labute approximate surface area is 98.5 Å². The fourth-order valence-corrected chi connectivity index (χ4v) is 1.81. The average molecular weight is 243 g/mol. The van der Waals surface area contributed by atoms with E-state index in [1.54, 1.807) is 0 Å². The van der Waals surface area contributed by atoms with Crippen LogP contribution in [0.2, 0.25) is 18.1 Å². The second-order valence-electron chi connectivity index (χ2n) is 5.24. The molecule has 0 aromatic heterocycles. The molecule has 92 valence electrons. The van der Waals surface area contributed by atoms with E-state index >= 15 is 0 Å². The number of rotatable bonds is 4. The molecule has 2 N–H and O–H groups in total. The number of carboxylic acid groups (broad SMARTS) is 1. The molecule has 4 nitrogen and oxygen atoms in total. The van der Waals surface area contributed by atoms with E-state index in [0.29, 0.717) is 0 Å². The Morgan fingerprint density at radius 3 is 2.38 bits per heavy atom. The molecule has 0 saturated heterocycles. The van der Waals surface area contributed by atoms with Gasteiger partial charge >= 0.3 is 6.09 Å². The van der Waals surface area contributed by atoms with Crippen LogP contribution in [0.5, 0.6) is 0 Å².